The lowest BCUT2D eigenvalue weighted by Crippen LogP contribution is -2.10. The van der Waals surface area contributed by atoms with Gasteiger partial charge in [0.1, 0.15) is 24.7 Å². The van der Waals surface area contributed by atoms with E-state index in [1.807, 2.05) is 0 Å². The Labute approximate surface area is 136 Å². The first-order valence-corrected chi connectivity index (χ1v) is 6.86. The molecule has 0 spiro atoms. The molecule has 2 aromatic rings. The minimum absolute atomic E-state index is 0.162. The molecule has 2 rings (SSSR count). The zero-order chi connectivity index (χ0) is 16.3. The van der Waals surface area contributed by atoms with E-state index in [4.69, 9.17) is 19.5 Å². The first-order chi connectivity index (χ1) is 11.3. The van der Waals surface area contributed by atoms with Gasteiger partial charge in [-0.1, -0.05) is 23.7 Å². The lowest BCUT2D eigenvalue weighted by Gasteiger charge is -2.06. The number of rotatable bonds is 4. The molecule has 0 aliphatic carbocycles. The summed E-state index contributed by atoms with van der Waals surface area (Å²) in [6.07, 6.45) is 0. The molecule has 0 atom stereocenters. The highest BCUT2D eigenvalue weighted by Gasteiger charge is 2.01. The molecule has 4 nitrogen and oxygen atoms in total. The van der Waals surface area contributed by atoms with Crippen LogP contribution >= 0.6 is 0 Å². The highest BCUT2D eigenvalue weighted by molar-refractivity contribution is 6.20. The van der Waals surface area contributed by atoms with Crippen LogP contribution in [0.5, 0.6) is 11.5 Å². The third-order valence-electron chi connectivity index (χ3n) is 2.70. The fourth-order valence-corrected chi connectivity index (χ4v) is 1.65. The van der Waals surface area contributed by atoms with E-state index < -0.39 is 0 Å². The molecule has 0 fully saturated rings. The number of benzene rings is 2. The molecule has 113 valence electrons. The summed E-state index contributed by atoms with van der Waals surface area (Å²) in [5.74, 6) is 12.0. The van der Waals surface area contributed by atoms with E-state index in [0.717, 1.165) is 11.1 Å². The van der Waals surface area contributed by atoms with Gasteiger partial charge < -0.3 is 19.5 Å². The molecule has 0 amide bonds. The fourth-order valence-electron chi connectivity index (χ4n) is 1.65. The van der Waals surface area contributed by atoms with Gasteiger partial charge in [0.15, 0.2) is 0 Å². The lowest BCUT2D eigenvalue weighted by molar-refractivity contribution is 0.350. The second kappa shape index (κ2) is 9.22. The summed E-state index contributed by atoms with van der Waals surface area (Å²) in [6, 6.07) is 14.2. The Morgan fingerprint density at radius 3 is 1.43 bits per heavy atom. The molecule has 0 aliphatic heterocycles. The highest BCUT2D eigenvalue weighted by Crippen LogP contribution is 2.13. The van der Waals surface area contributed by atoms with Gasteiger partial charge in [-0.3, -0.25) is 0 Å². The summed E-state index contributed by atoms with van der Waals surface area (Å²) in [6.45, 7) is -0.325. The summed E-state index contributed by atoms with van der Waals surface area (Å²) in [5.41, 5.74) is 1.60. The minimum Gasteiger partial charge on any atom is -0.526 e. The average Bonchev–Trinajstić information content (AvgIpc) is 2.60. The van der Waals surface area contributed by atoms with E-state index in [0.29, 0.717) is 11.5 Å². The first kappa shape index (κ1) is 16.5. The Bertz CT molecular complexity index is 666. The van der Waals surface area contributed by atoms with Gasteiger partial charge in [0.25, 0.3) is 0 Å². The van der Waals surface area contributed by atoms with Gasteiger partial charge in [0.05, 0.1) is 0 Å². The number of hydrogen-bond donors (Lipinski definition) is 2. The Kier molecular flexibility index (Phi) is 6.62. The molecule has 0 aromatic heterocycles. The molecule has 0 aliphatic rings. The number of aliphatic hydroxyl groups excluding tert-OH is 2. The van der Waals surface area contributed by atoms with Crippen molar-refractivity contribution in [3.05, 3.63) is 59.7 Å². The van der Waals surface area contributed by atoms with E-state index in [1.165, 1.54) is 7.69 Å². The predicted molar refractivity (Wildman–Crippen MR) is 87.8 cm³/mol. The van der Waals surface area contributed by atoms with Gasteiger partial charge in [-0.15, -0.1) is 0 Å². The number of aliphatic hydroxyl groups is 2. The van der Waals surface area contributed by atoms with Crippen molar-refractivity contribution in [3.63, 3.8) is 0 Å². The Balaban J connectivity index is 1.82. The molecular formula is C18H14BO4. The van der Waals surface area contributed by atoms with Gasteiger partial charge in [-0.05, 0) is 48.5 Å². The van der Waals surface area contributed by atoms with Gasteiger partial charge in [0.2, 0.25) is 0 Å². The average molecular weight is 305 g/mol. The van der Waals surface area contributed by atoms with Crippen molar-refractivity contribution in [2.45, 2.75) is 0 Å². The van der Waals surface area contributed by atoms with Gasteiger partial charge in [-0.25, -0.2) is 0 Å². The zero-order valence-electron chi connectivity index (χ0n) is 12.3. The Hall–Kier alpha value is -2.86. The molecule has 0 saturated carbocycles. The Morgan fingerprint density at radius 2 is 1.09 bits per heavy atom. The second-order valence-corrected chi connectivity index (χ2v) is 4.30. The van der Waals surface area contributed by atoms with Crippen molar-refractivity contribution in [1.29, 1.82) is 0 Å². The molecule has 0 saturated heterocycles. The molecule has 5 heteroatoms. The highest BCUT2D eigenvalue weighted by atomic mass is 16.6. The van der Waals surface area contributed by atoms with Crippen LogP contribution in [0.1, 0.15) is 11.1 Å². The maximum absolute atomic E-state index is 8.63. The van der Waals surface area contributed by atoms with Crippen molar-refractivity contribution in [1.82, 2.24) is 0 Å². The van der Waals surface area contributed by atoms with E-state index >= 15 is 0 Å². The van der Waals surface area contributed by atoms with E-state index in [2.05, 4.69) is 23.7 Å². The third kappa shape index (κ3) is 5.80. The maximum atomic E-state index is 8.63. The molecule has 0 unspecified atom stereocenters. The monoisotopic (exact) mass is 305 g/mol. The quantitative estimate of drug-likeness (QED) is 0.661. The van der Waals surface area contributed by atoms with Crippen molar-refractivity contribution >= 4 is 7.69 Å². The summed E-state index contributed by atoms with van der Waals surface area (Å²) in [7, 11) is 1.24. The molecule has 0 heterocycles. The minimum atomic E-state index is -0.162. The van der Waals surface area contributed by atoms with Crippen LogP contribution in [0.3, 0.4) is 0 Å². The number of hydrogen-bond acceptors (Lipinski definition) is 4. The summed E-state index contributed by atoms with van der Waals surface area (Å²) < 4.78 is 10.7. The van der Waals surface area contributed by atoms with Crippen LogP contribution < -0.4 is 9.31 Å². The molecular weight excluding hydrogens is 291 g/mol. The smallest absolute Gasteiger partial charge is 0.526 e. The Morgan fingerprint density at radius 1 is 0.696 bits per heavy atom. The van der Waals surface area contributed by atoms with Crippen LogP contribution in [0.2, 0.25) is 0 Å². The molecule has 0 bridgehead atoms. The van der Waals surface area contributed by atoms with Gasteiger partial charge >= 0.3 is 7.69 Å². The van der Waals surface area contributed by atoms with Crippen LogP contribution in [0, 0.1) is 23.7 Å². The largest absolute Gasteiger partial charge is 0.658 e. The van der Waals surface area contributed by atoms with Crippen molar-refractivity contribution in [2.24, 2.45) is 0 Å². The lowest BCUT2D eigenvalue weighted by atomic mass is 10.2. The third-order valence-corrected chi connectivity index (χ3v) is 2.70. The van der Waals surface area contributed by atoms with Crippen molar-refractivity contribution < 1.29 is 19.5 Å². The van der Waals surface area contributed by atoms with Crippen molar-refractivity contribution in [3.8, 4) is 35.2 Å². The second-order valence-electron chi connectivity index (χ2n) is 4.30. The molecule has 23 heavy (non-hydrogen) atoms. The predicted octanol–water partition coefficient (Wildman–Crippen LogP) is 1.37. The fraction of sp³-hybridized carbons (Fsp3) is 0.111. The molecule has 1 radical (unpaired) electrons. The van der Waals surface area contributed by atoms with E-state index in [-0.39, 0.29) is 13.2 Å². The van der Waals surface area contributed by atoms with Gasteiger partial charge in [-0.2, -0.15) is 0 Å². The summed E-state index contributed by atoms with van der Waals surface area (Å²) in [5, 5.41) is 17.3. The zero-order valence-corrected chi connectivity index (χ0v) is 12.3. The van der Waals surface area contributed by atoms with E-state index in [1.54, 1.807) is 48.5 Å². The summed E-state index contributed by atoms with van der Waals surface area (Å²) >= 11 is 0. The SMILES string of the molecule is OCC#Cc1ccc(O[B]Oc2ccc(C#CCO)cc2)cc1. The maximum Gasteiger partial charge on any atom is 0.658 e. The van der Waals surface area contributed by atoms with Gasteiger partial charge in [0, 0.05) is 11.1 Å². The van der Waals surface area contributed by atoms with Crippen LogP contribution in [-0.4, -0.2) is 31.1 Å². The van der Waals surface area contributed by atoms with E-state index in [9.17, 15) is 0 Å². The first-order valence-electron chi connectivity index (χ1n) is 6.86. The topological polar surface area (TPSA) is 58.9 Å². The standard InChI is InChI=1S/C18H14BO4/c20-13-1-3-15-5-9-17(10-6-15)22-19-23-18-11-7-16(8-12-18)4-2-14-21/h5-12,20-21H,13-14H2. The van der Waals surface area contributed by atoms with Crippen LogP contribution in [-0.2, 0) is 0 Å². The molecule has 2 aromatic carbocycles. The van der Waals surface area contributed by atoms with Crippen LogP contribution in [0.15, 0.2) is 48.5 Å². The van der Waals surface area contributed by atoms with Crippen molar-refractivity contribution in [2.75, 3.05) is 13.2 Å². The normalized spacial score (nSPS) is 8.96. The summed E-state index contributed by atoms with van der Waals surface area (Å²) in [4.78, 5) is 0. The van der Waals surface area contributed by atoms with Crippen LogP contribution in [0.25, 0.3) is 0 Å². The van der Waals surface area contributed by atoms with Crippen LogP contribution in [0.4, 0.5) is 0 Å². The molecule has 2 N–H and O–H groups in total.